The minimum absolute atomic E-state index is 0.149. The quantitative estimate of drug-likeness (QED) is 0.247. The van der Waals surface area contributed by atoms with Crippen molar-refractivity contribution in [1.82, 2.24) is 9.55 Å². The standard InChI is InChI=1S/C29H26Cl2N4/c1-18(2)19(3)32-26-17-29-27(16-25(26)33-22-12-8-20(30)9-13-22)34-24-6-4-5-7-28(24)35(29)23-14-10-21(31)11-15-23/h4-19,33H,1-3H3. The van der Waals surface area contributed by atoms with Crippen molar-refractivity contribution in [2.75, 3.05) is 5.32 Å². The van der Waals surface area contributed by atoms with Gasteiger partial charge >= 0.3 is 0 Å². The van der Waals surface area contributed by atoms with Gasteiger partial charge in [0.05, 0.1) is 39.5 Å². The van der Waals surface area contributed by atoms with Gasteiger partial charge in [-0.3, -0.25) is 4.99 Å². The number of hydrogen-bond acceptors (Lipinski definition) is 3. The maximum absolute atomic E-state index is 6.20. The van der Waals surface area contributed by atoms with Crippen LogP contribution in [0.1, 0.15) is 20.8 Å². The molecule has 1 aliphatic carbocycles. The highest BCUT2D eigenvalue weighted by atomic mass is 35.5. The highest BCUT2D eigenvalue weighted by Crippen LogP contribution is 2.31. The van der Waals surface area contributed by atoms with Crippen LogP contribution < -0.4 is 10.7 Å². The van der Waals surface area contributed by atoms with E-state index in [1.807, 2.05) is 66.7 Å². The molecule has 5 rings (SSSR count). The van der Waals surface area contributed by atoms with Crippen LogP contribution >= 0.6 is 23.2 Å². The van der Waals surface area contributed by atoms with Gasteiger partial charge < -0.3 is 9.88 Å². The van der Waals surface area contributed by atoms with Crippen molar-refractivity contribution in [2.45, 2.75) is 26.8 Å². The van der Waals surface area contributed by atoms with Crippen LogP contribution in [0.2, 0.25) is 10.0 Å². The molecule has 0 saturated heterocycles. The van der Waals surface area contributed by atoms with Crippen LogP contribution in [0.15, 0.2) is 89.9 Å². The predicted octanol–water partition coefficient (Wildman–Crippen LogP) is 8.13. The molecule has 2 aliphatic rings. The van der Waals surface area contributed by atoms with E-state index >= 15 is 0 Å². The van der Waals surface area contributed by atoms with Crippen molar-refractivity contribution in [3.8, 4) is 17.1 Å². The van der Waals surface area contributed by atoms with Gasteiger partial charge in [-0.05, 0) is 85.6 Å². The highest BCUT2D eigenvalue weighted by molar-refractivity contribution is 6.30. The lowest BCUT2D eigenvalue weighted by molar-refractivity contribution is 0.522. The van der Waals surface area contributed by atoms with Gasteiger partial charge in [-0.2, -0.15) is 0 Å². The van der Waals surface area contributed by atoms with Crippen molar-refractivity contribution in [1.29, 1.82) is 0 Å². The predicted molar refractivity (Wildman–Crippen MR) is 147 cm³/mol. The fourth-order valence-electron chi connectivity index (χ4n) is 3.97. The molecule has 0 saturated carbocycles. The first-order valence-electron chi connectivity index (χ1n) is 11.7. The largest absolute Gasteiger partial charge is 0.354 e. The molecule has 0 fully saturated rings. The summed E-state index contributed by atoms with van der Waals surface area (Å²) in [7, 11) is 0. The van der Waals surface area contributed by atoms with Gasteiger partial charge in [-0.15, -0.1) is 0 Å². The number of hydrogen-bond donors (Lipinski definition) is 1. The van der Waals surface area contributed by atoms with Crippen LogP contribution in [0, 0.1) is 5.92 Å². The third-order valence-electron chi connectivity index (χ3n) is 6.21. The lowest BCUT2D eigenvalue weighted by Crippen LogP contribution is -2.19. The molecule has 1 aliphatic heterocycles. The molecule has 4 nitrogen and oxygen atoms in total. The van der Waals surface area contributed by atoms with Crippen LogP contribution in [0.25, 0.3) is 28.1 Å². The molecule has 35 heavy (non-hydrogen) atoms. The zero-order valence-electron chi connectivity index (χ0n) is 19.8. The van der Waals surface area contributed by atoms with Gasteiger partial charge in [0, 0.05) is 21.4 Å². The molecule has 1 atom stereocenters. The molecule has 0 amide bonds. The normalized spacial score (nSPS) is 13.0. The monoisotopic (exact) mass is 500 g/mol. The Hall–Kier alpha value is -3.34. The van der Waals surface area contributed by atoms with E-state index in [9.17, 15) is 0 Å². The van der Waals surface area contributed by atoms with E-state index in [0.717, 1.165) is 44.8 Å². The Morgan fingerprint density at radius 2 is 1.49 bits per heavy atom. The summed E-state index contributed by atoms with van der Waals surface area (Å²) in [5, 5.41) is 5.82. The van der Waals surface area contributed by atoms with E-state index in [1.54, 1.807) is 0 Å². The zero-order valence-corrected chi connectivity index (χ0v) is 21.3. The number of nitrogens with zero attached hydrogens (tertiary/aromatic N) is 3. The van der Waals surface area contributed by atoms with Crippen LogP contribution in [0.5, 0.6) is 0 Å². The molecule has 3 aromatic carbocycles. The van der Waals surface area contributed by atoms with E-state index < -0.39 is 0 Å². The van der Waals surface area contributed by atoms with E-state index in [-0.39, 0.29) is 6.04 Å². The Morgan fingerprint density at radius 3 is 2.17 bits per heavy atom. The number of para-hydroxylation sites is 2. The highest BCUT2D eigenvalue weighted by Gasteiger charge is 2.17. The summed E-state index contributed by atoms with van der Waals surface area (Å²) < 4.78 is 2.22. The van der Waals surface area contributed by atoms with Gasteiger partial charge in [0.2, 0.25) is 0 Å². The van der Waals surface area contributed by atoms with Gasteiger partial charge in [0.1, 0.15) is 0 Å². The number of fused-ring (bicyclic) bond motifs is 2. The summed E-state index contributed by atoms with van der Waals surface area (Å²) in [6, 6.07) is 28.1. The molecule has 3 aromatic rings. The number of benzene rings is 4. The fourth-order valence-corrected chi connectivity index (χ4v) is 4.23. The zero-order chi connectivity index (χ0) is 24.5. The Balaban J connectivity index is 1.81. The third-order valence-corrected chi connectivity index (χ3v) is 6.72. The van der Waals surface area contributed by atoms with Crippen molar-refractivity contribution in [3.63, 3.8) is 0 Å². The number of rotatable bonds is 5. The van der Waals surface area contributed by atoms with Gasteiger partial charge in [-0.1, -0.05) is 49.2 Å². The second-order valence-electron chi connectivity index (χ2n) is 9.02. The van der Waals surface area contributed by atoms with Crippen LogP contribution in [0.3, 0.4) is 0 Å². The molecule has 1 unspecified atom stereocenters. The van der Waals surface area contributed by atoms with Crippen LogP contribution in [0.4, 0.5) is 11.4 Å². The molecule has 0 spiro atoms. The molecule has 1 N–H and O–H groups in total. The molecular weight excluding hydrogens is 475 g/mol. The first-order chi connectivity index (χ1) is 16.9. The molecule has 176 valence electrons. The van der Waals surface area contributed by atoms with Crippen molar-refractivity contribution in [3.05, 3.63) is 100 Å². The van der Waals surface area contributed by atoms with Crippen molar-refractivity contribution in [2.24, 2.45) is 10.9 Å². The maximum Gasteiger partial charge on any atom is 0.0900 e. The van der Waals surface area contributed by atoms with E-state index in [0.29, 0.717) is 16.0 Å². The number of halogens is 2. The van der Waals surface area contributed by atoms with E-state index in [4.69, 9.17) is 33.2 Å². The first kappa shape index (κ1) is 23.4. The fraction of sp³-hybridized carbons (Fsp3) is 0.172. The number of nitrogens with one attached hydrogen (secondary N) is 1. The Bertz CT molecular complexity index is 1520. The minimum Gasteiger partial charge on any atom is -0.354 e. The van der Waals surface area contributed by atoms with Crippen LogP contribution in [-0.4, -0.2) is 15.6 Å². The second-order valence-corrected chi connectivity index (χ2v) is 9.89. The third kappa shape index (κ3) is 4.90. The summed E-state index contributed by atoms with van der Waals surface area (Å²) >= 11 is 12.3. The summed E-state index contributed by atoms with van der Waals surface area (Å²) in [6.45, 7) is 6.52. The van der Waals surface area contributed by atoms with Crippen molar-refractivity contribution >= 4 is 45.6 Å². The SMILES string of the molecule is CC(C)C(C)N=c1cc2n(-c3ccc(Cl)cc3)c3ccccc3nc-2cc1Nc1ccc(Cl)cc1. The van der Waals surface area contributed by atoms with E-state index in [1.165, 1.54) is 0 Å². The molecule has 0 bridgehead atoms. The van der Waals surface area contributed by atoms with Crippen LogP contribution in [-0.2, 0) is 0 Å². The second kappa shape index (κ2) is 9.73. The van der Waals surface area contributed by atoms with E-state index in [2.05, 4.69) is 48.9 Å². The topological polar surface area (TPSA) is 42.2 Å². The lowest BCUT2D eigenvalue weighted by Gasteiger charge is -2.21. The summed E-state index contributed by atoms with van der Waals surface area (Å²) in [6.07, 6.45) is 0. The Labute approximate surface area is 215 Å². The summed E-state index contributed by atoms with van der Waals surface area (Å²) in [4.78, 5) is 10.1. The van der Waals surface area contributed by atoms with Crippen molar-refractivity contribution < 1.29 is 0 Å². The average molecular weight is 501 g/mol. The van der Waals surface area contributed by atoms with Gasteiger partial charge in [0.15, 0.2) is 0 Å². The molecule has 6 heteroatoms. The summed E-state index contributed by atoms with van der Waals surface area (Å²) in [5.74, 6) is 0.409. The number of anilines is 2. The van der Waals surface area contributed by atoms with Gasteiger partial charge in [-0.25, -0.2) is 4.98 Å². The maximum atomic E-state index is 6.20. The molecule has 0 aromatic heterocycles. The molecule has 0 radical (unpaired) electrons. The molecule has 1 heterocycles. The molecular formula is C29H26Cl2N4. The smallest absolute Gasteiger partial charge is 0.0900 e. The summed E-state index contributed by atoms with van der Waals surface area (Å²) in [5.41, 5.74) is 6.62. The van der Waals surface area contributed by atoms with Gasteiger partial charge in [0.25, 0.3) is 0 Å². The first-order valence-corrected chi connectivity index (χ1v) is 12.4. The minimum atomic E-state index is 0.149. The lowest BCUT2D eigenvalue weighted by atomic mass is 10.1. The Morgan fingerprint density at radius 1 is 0.829 bits per heavy atom. The Kier molecular flexibility index (Phi) is 6.50. The number of aromatic nitrogens is 2. The average Bonchev–Trinajstić information content (AvgIpc) is 2.85.